The molecule has 0 spiro atoms. The van der Waals surface area contributed by atoms with Gasteiger partial charge < -0.3 is 15.3 Å². The van der Waals surface area contributed by atoms with Gasteiger partial charge in [0.1, 0.15) is 11.6 Å². The summed E-state index contributed by atoms with van der Waals surface area (Å²) in [4.78, 5) is 14.7. The third kappa shape index (κ3) is 3.23. The highest BCUT2D eigenvalue weighted by molar-refractivity contribution is 7.96. The van der Waals surface area contributed by atoms with E-state index in [4.69, 9.17) is 10.2 Å². The predicted octanol–water partition coefficient (Wildman–Crippen LogP) is 0.806. The number of aromatic hydroxyl groups is 1. The minimum absolute atomic E-state index is 0.0257. The first-order valence-corrected chi connectivity index (χ1v) is 7.07. The minimum Gasteiger partial charge on any atom is -0.506 e. The number of sulfonamides is 1. The Balaban J connectivity index is 2.21. The van der Waals surface area contributed by atoms with E-state index >= 15 is 0 Å². The Morgan fingerprint density at radius 2 is 2.05 bits per heavy atom. The number of amides is 1. The topological polar surface area (TPSA) is 140 Å². The molecular weight excluding hydrogens is 302 g/mol. The zero-order valence-corrected chi connectivity index (χ0v) is 11.3. The van der Waals surface area contributed by atoms with Gasteiger partial charge in [-0.3, -0.25) is 4.72 Å². The quantitative estimate of drug-likeness (QED) is 0.647. The van der Waals surface area contributed by atoms with Crippen molar-refractivity contribution in [2.24, 2.45) is 0 Å². The van der Waals surface area contributed by atoms with Crippen LogP contribution >= 0.6 is 0 Å². The number of aliphatic hydroxyl groups is 1. The number of hydrogen-bond donors (Lipinski definition) is 4. The summed E-state index contributed by atoms with van der Waals surface area (Å²) in [6.07, 6.45) is 1.62. The van der Waals surface area contributed by atoms with Gasteiger partial charge in [-0.05, 0) is 18.2 Å². The maximum Gasteiger partial charge on any atom is 0.414 e. The summed E-state index contributed by atoms with van der Waals surface area (Å²) in [5.41, 5.74) is 0. The average Bonchev–Trinajstić information content (AvgIpc) is 2.40. The van der Waals surface area contributed by atoms with Crippen molar-refractivity contribution in [2.45, 2.75) is 0 Å². The highest BCUT2D eigenvalue weighted by Gasteiger charge is 2.25. The number of carbonyl (C=O) groups is 1. The highest BCUT2D eigenvalue weighted by Crippen LogP contribution is 2.20. The minimum atomic E-state index is -4.02. The molecule has 0 bridgehead atoms. The molecule has 21 heavy (non-hydrogen) atoms. The summed E-state index contributed by atoms with van der Waals surface area (Å²) >= 11 is 0. The number of allylic oxidation sites excluding steroid dienone is 1. The molecular formula is C11H11N3O6S. The fraction of sp³-hybridized carbons (Fsp3) is 0.0909. The molecule has 9 nitrogen and oxygen atoms in total. The van der Waals surface area contributed by atoms with Gasteiger partial charge in [-0.25, -0.2) is 23.1 Å². The van der Waals surface area contributed by atoms with Crippen LogP contribution in [0.3, 0.4) is 0 Å². The van der Waals surface area contributed by atoms with Gasteiger partial charge >= 0.3 is 6.09 Å². The molecule has 0 radical (unpaired) electrons. The third-order valence-corrected chi connectivity index (χ3v) is 3.93. The Bertz CT molecular complexity index is 723. The van der Waals surface area contributed by atoms with Crippen LogP contribution in [-0.2, 0) is 10.0 Å². The van der Waals surface area contributed by atoms with Crippen LogP contribution in [-0.4, -0.2) is 46.3 Å². The molecule has 0 saturated carbocycles. The van der Waals surface area contributed by atoms with Crippen molar-refractivity contribution in [3.63, 3.8) is 0 Å². The maximum absolute atomic E-state index is 12.1. The Morgan fingerprint density at radius 1 is 1.33 bits per heavy atom. The summed E-state index contributed by atoms with van der Waals surface area (Å²) in [6.45, 7) is -0.295. The van der Waals surface area contributed by atoms with E-state index in [1.807, 2.05) is 0 Å². The Labute approximate surface area is 119 Å². The molecule has 0 aliphatic carbocycles. The molecule has 2 heterocycles. The second-order valence-electron chi connectivity index (χ2n) is 4.01. The lowest BCUT2D eigenvalue weighted by atomic mass is 10.3. The Hall–Kier alpha value is -2.75. The maximum atomic E-state index is 12.1. The lowest BCUT2D eigenvalue weighted by Gasteiger charge is -2.21. The van der Waals surface area contributed by atoms with Gasteiger partial charge in [0, 0.05) is 6.08 Å². The molecule has 1 aliphatic heterocycles. The van der Waals surface area contributed by atoms with Gasteiger partial charge in [-0.2, -0.15) is 0 Å². The predicted molar refractivity (Wildman–Crippen MR) is 72.0 cm³/mol. The number of aromatic nitrogens is 1. The van der Waals surface area contributed by atoms with E-state index in [-0.39, 0.29) is 23.0 Å². The molecule has 112 valence electrons. The normalized spacial score (nSPS) is 15.1. The van der Waals surface area contributed by atoms with Crippen molar-refractivity contribution in [2.75, 3.05) is 11.3 Å². The van der Waals surface area contributed by atoms with Gasteiger partial charge in [0.15, 0.2) is 5.88 Å². The third-order valence-electron chi connectivity index (χ3n) is 2.55. The van der Waals surface area contributed by atoms with Crippen LogP contribution in [0.2, 0.25) is 0 Å². The number of nitrogens with zero attached hydrogens (tertiary/aromatic N) is 2. The van der Waals surface area contributed by atoms with Gasteiger partial charge in [0.2, 0.25) is 0 Å². The molecule has 4 N–H and O–H groups in total. The van der Waals surface area contributed by atoms with Crippen molar-refractivity contribution in [1.82, 2.24) is 9.88 Å². The largest absolute Gasteiger partial charge is 0.506 e. The molecule has 0 atom stereocenters. The molecule has 0 fully saturated rings. The zero-order chi connectivity index (χ0) is 15.6. The lowest BCUT2D eigenvalue weighted by Crippen LogP contribution is -2.32. The van der Waals surface area contributed by atoms with Gasteiger partial charge in [-0.1, -0.05) is 0 Å². The van der Waals surface area contributed by atoms with E-state index < -0.39 is 22.0 Å². The Morgan fingerprint density at radius 3 is 2.57 bits per heavy atom. The highest BCUT2D eigenvalue weighted by atomic mass is 32.2. The summed E-state index contributed by atoms with van der Waals surface area (Å²) in [5.74, 6) is -0.837. The van der Waals surface area contributed by atoms with Crippen LogP contribution in [0.5, 0.6) is 5.75 Å². The fourth-order valence-corrected chi connectivity index (χ4v) is 2.61. The van der Waals surface area contributed by atoms with Gasteiger partial charge in [0.05, 0.1) is 17.6 Å². The average molecular weight is 313 g/mol. The number of carboxylic acid groups (broad SMARTS) is 1. The molecule has 2 rings (SSSR count). The number of rotatable bonds is 3. The fourth-order valence-electron chi connectivity index (χ4n) is 1.55. The van der Waals surface area contributed by atoms with Crippen molar-refractivity contribution in [3.05, 3.63) is 41.3 Å². The first-order chi connectivity index (χ1) is 9.79. The van der Waals surface area contributed by atoms with Crippen molar-refractivity contribution < 1.29 is 28.5 Å². The SMILES string of the molecule is O=C(O)N1CC=C(S(=O)(=O)Nc2ccc(O)cn2)C=C1O. The smallest absolute Gasteiger partial charge is 0.414 e. The molecule has 0 unspecified atom stereocenters. The molecule has 1 aliphatic rings. The van der Waals surface area contributed by atoms with E-state index in [1.54, 1.807) is 0 Å². The first-order valence-electron chi connectivity index (χ1n) is 5.59. The van der Waals surface area contributed by atoms with E-state index in [9.17, 15) is 18.3 Å². The van der Waals surface area contributed by atoms with E-state index in [0.29, 0.717) is 4.90 Å². The van der Waals surface area contributed by atoms with Crippen LogP contribution in [0.1, 0.15) is 0 Å². The second kappa shape index (κ2) is 5.32. The number of hydrogen-bond acceptors (Lipinski definition) is 6. The monoisotopic (exact) mass is 313 g/mol. The van der Waals surface area contributed by atoms with Crippen LogP contribution in [0.25, 0.3) is 0 Å². The molecule has 1 amide bonds. The second-order valence-corrected chi connectivity index (χ2v) is 5.69. The first kappa shape index (κ1) is 14.7. The van der Waals surface area contributed by atoms with Gasteiger partial charge in [-0.15, -0.1) is 0 Å². The number of pyridine rings is 1. The van der Waals surface area contributed by atoms with Gasteiger partial charge in [0.25, 0.3) is 10.0 Å². The molecule has 1 aromatic rings. The van der Waals surface area contributed by atoms with E-state index in [2.05, 4.69) is 9.71 Å². The van der Waals surface area contributed by atoms with Crippen molar-refractivity contribution >= 4 is 21.9 Å². The zero-order valence-electron chi connectivity index (χ0n) is 10.5. The molecule has 10 heteroatoms. The number of anilines is 1. The summed E-state index contributed by atoms with van der Waals surface area (Å²) in [6, 6.07) is 2.50. The molecule has 0 aromatic carbocycles. The van der Waals surface area contributed by atoms with Crippen LogP contribution in [0.4, 0.5) is 10.6 Å². The van der Waals surface area contributed by atoms with E-state index in [1.165, 1.54) is 12.1 Å². The molecule has 1 aromatic heterocycles. The summed E-state index contributed by atoms with van der Waals surface area (Å²) < 4.78 is 26.3. The van der Waals surface area contributed by atoms with Crippen LogP contribution in [0.15, 0.2) is 41.3 Å². The lowest BCUT2D eigenvalue weighted by molar-refractivity contribution is 0.137. The standard InChI is InChI=1S/C11H11N3O6S/c15-7-1-2-9(12-6-7)13-21(19,20)8-3-4-14(11(17)18)10(16)5-8/h1-3,5-6,15-16H,4H2,(H,12,13)(H,17,18). The summed E-state index contributed by atoms with van der Waals surface area (Å²) in [7, 11) is -4.02. The Kier molecular flexibility index (Phi) is 3.72. The van der Waals surface area contributed by atoms with Crippen LogP contribution in [0, 0.1) is 0 Å². The van der Waals surface area contributed by atoms with Crippen molar-refractivity contribution in [3.8, 4) is 5.75 Å². The molecule has 0 saturated heterocycles. The van der Waals surface area contributed by atoms with Crippen LogP contribution < -0.4 is 4.72 Å². The number of aliphatic hydroxyl groups excluding tert-OH is 1. The summed E-state index contributed by atoms with van der Waals surface area (Å²) in [5, 5.41) is 27.3. The van der Waals surface area contributed by atoms with Crippen molar-refractivity contribution in [1.29, 1.82) is 0 Å². The number of nitrogens with one attached hydrogen (secondary N) is 1. The van der Waals surface area contributed by atoms with E-state index in [0.717, 1.165) is 18.3 Å².